The van der Waals surface area contributed by atoms with Crippen LogP contribution in [-0.4, -0.2) is 25.3 Å². The van der Waals surface area contributed by atoms with Gasteiger partial charge in [-0.15, -0.1) is 0 Å². The fourth-order valence-corrected chi connectivity index (χ4v) is 3.83. The zero-order chi connectivity index (χ0) is 14.1. The minimum absolute atomic E-state index is 0.0319. The summed E-state index contributed by atoms with van der Waals surface area (Å²) in [6.45, 7) is 7.93. The SMILES string of the molecule is CCCNC(C1CCCCCC1)C(CC)(CC)OC. The largest absolute Gasteiger partial charge is 0.377 e. The number of rotatable bonds is 8. The molecule has 1 aliphatic rings. The first-order chi connectivity index (χ1) is 9.24. The van der Waals surface area contributed by atoms with E-state index in [0.717, 1.165) is 25.3 Å². The first-order valence-corrected chi connectivity index (χ1v) is 8.52. The van der Waals surface area contributed by atoms with Crippen LogP contribution in [0.3, 0.4) is 0 Å². The Morgan fingerprint density at radius 1 is 1.05 bits per heavy atom. The minimum Gasteiger partial charge on any atom is -0.377 e. The zero-order valence-electron chi connectivity index (χ0n) is 13.6. The van der Waals surface area contributed by atoms with Gasteiger partial charge in [-0.3, -0.25) is 0 Å². The van der Waals surface area contributed by atoms with Gasteiger partial charge in [-0.2, -0.15) is 0 Å². The number of methoxy groups -OCH3 is 1. The third-order valence-corrected chi connectivity index (χ3v) is 5.16. The van der Waals surface area contributed by atoms with Gasteiger partial charge in [0.15, 0.2) is 0 Å². The van der Waals surface area contributed by atoms with Crippen molar-refractivity contribution in [3.63, 3.8) is 0 Å². The van der Waals surface area contributed by atoms with E-state index in [2.05, 4.69) is 26.1 Å². The third-order valence-electron chi connectivity index (χ3n) is 5.16. The van der Waals surface area contributed by atoms with E-state index < -0.39 is 0 Å². The molecule has 1 atom stereocenters. The third kappa shape index (κ3) is 4.46. The molecule has 0 amide bonds. The molecule has 0 radical (unpaired) electrons. The summed E-state index contributed by atoms with van der Waals surface area (Å²) in [7, 11) is 1.91. The molecular formula is C17H35NO. The van der Waals surface area contributed by atoms with Gasteiger partial charge in [-0.25, -0.2) is 0 Å². The quantitative estimate of drug-likeness (QED) is 0.654. The lowest BCUT2D eigenvalue weighted by atomic mass is 9.77. The van der Waals surface area contributed by atoms with Crippen LogP contribution in [0.5, 0.6) is 0 Å². The van der Waals surface area contributed by atoms with E-state index in [-0.39, 0.29) is 5.60 Å². The lowest BCUT2D eigenvalue weighted by molar-refractivity contribution is -0.0646. The van der Waals surface area contributed by atoms with Gasteiger partial charge in [-0.1, -0.05) is 46.5 Å². The van der Waals surface area contributed by atoms with Gasteiger partial charge in [0.1, 0.15) is 0 Å². The predicted octanol–water partition coefficient (Wildman–Crippen LogP) is 4.53. The lowest BCUT2D eigenvalue weighted by Gasteiger charge is -2.43. The molecule has 0 aromatic rings. The summed E-state index contributed by atoms with van der Waals surface area (Å²) in [5, 5.41) is 3.84. The maximum Gasteiger partial charge on any atom is 0.0828 e. The van der Waals surface area contributed by atoms with Crippen LogP contribution in [0.2, 0.25) is 0 Å². The number of hydrogen-bond acceptors (Lipinski definition) is 2. The number of ether oxygens (including phenoxy) is 1. The smallest absolute Gasteiger partial charge is 0.0828 e. The Morgan fingerprint density at radius 2 is 1.63 bits per heavy atom. The summed E-state index contributed by atoms with van der Waals surface area (Å²) in [6.07, 6.45) is 11.8. The summed E-state index contributed by atoms with van der Waals surface area (Å²) in [4.78, 5) is 0. The van der Waals surface area contributed by atoms with Gasteiger partial charge in [0.25, 0.3) is 0 Å². The highest BCUT2D eigenvalue weighted by molar-refractivity contribution is 4.96. The van der Waals surface area contributed by atoms with Gasteiger partial charge in [0.05, 0.1) is 5.60 Å². The Hall–Kier alpha value is -0.0800. The number of nitrogens with one attached hydrogen (secondary N) is 1. The molecule has 1 N–H and O–H groups in total. The predicted molar refractivity (Wildman–Crippen MR) is 83.6 cm³/mol. The van der Waals surface area contributed by atoms with E-state index in [9.17, 15) is 0 Å². The van der Waals surface area contributed by atoms with Crippen molar-refractivity contribution < 1.29 is 4.74 Å². The fraction of sp³-hybridized carbons (Fsp3) is 1.00. The van der Waals surface area contributed by atoms with Gasteiger partial charge < -0.3 is 10.1 Å². The van der Waals surface area contributed by atoms with E-state index in [4.69, 9.17) is 4.74 Å². The monoisotopic (exact) mass is 269 g/mol. The van der Waals surface area contributed by atoms with Crippen molar-refractivity contribution in [2.75, 3.05) is 13.7 Å². The van der Waals surface area contributed by atoms with Crippen molar-refractivity contribution in [3.8, 4) is 0 Å². The summed E-state index contributed by atoms with van der Waals surface area (Å²) in [6, 6.07) is 0.533. The molecule has 0 saturated heterocycles. The van der Waals surface area contributed by atoms with Gasteiger partial charge in [0.2, 0.25) is 0 Å². The van der Waals surface area contributed by atoms with Crippen molar-refractivity contribution in [1.82, 2.24) is 5.32 Å². The maximum absolute atomic E-state index is 6.03. The van der Waals surface area contributed by atoms with E-state index in [1.165, 1.54) is 44.9 Å². The molecule has 0 bridgehead atoms. The van der Waals surface area contributed by atoms with Crippen molar-refractivity contribution in [2.45, 2.75) is 90.2 Å². The van der Waals surface area contributed by atoms with Crippen LogP contribution >= 0.6 is 0 Å². The Kier molecular flexibility index (Phi) is 8.01. The average molecular weight is 269 g/mol. The molecule has 1 aliphatic carbocycles. The van der Waals surface area contributed by atoms with Gasteiger partial charge in [-0.05, 0) is 44.6 Å². The molecule has 0 spiro atoms. The molecule has 2 heteroatoms. The normalized spacial score (nSPS) is 20.2. The first-order valence-electron chi connectivity index (χ1n) is 8.52. The second-order valence-corrected chi connectivity index (χ2v) is 6.16. The van der Waals surface area contributed by atoms with Crippen LogP contribution in [0.4, 0.5) is 0 Å². The summed E-state index contributed by atoms with van der Waals surface area (Å²) in [5.74, 6) is 0.800. The molecule has 0 aromatic heterocycles. The van der Waals surface area contributed by atoms with Crippen LogP contribution < -0.4 is 5.32 Å². The first kappa shape index (κ1) is 17.0. The molecule has 1 unspecified atom stereocenters. The Morgan fingerprint density at radius 3 is 2.05 bits per heavy atom. The molecule has 0 heterocycles. The Labute approximate surface area is 120 Å². The van der Waals surface area contributed by atoms with Crippen molar-refractivity contribution in [1.29, 1.82) is 0 Å². The van der Waals surface area contributed by atoms with Crippen LogP contribution in [-0.2, 0) is 4.74 Å². The van der Waals surface area contributed by atoms with Gasteiger partial charge >= 0.3 is 0 Å². The van der Waals surface area contributed by atoms with Crippen LogP contribution in [0, 0.1) is 5.92 Å². The molecule has 2 nitrogen and oxygen atoms in total. The highest BCUT2D eigenvalue weighted by Gasteiger charge is 2.40. The number of hydrogen-bond donors (Lipinski definition) is 1. The minimum atomic E-state index is 0.0319. The topological polar surface area (TPSA) is 21.3 Å². The molecular weight excluding hydrogens is 234 g/mol. The molecule has 114 valence electrons. The van der Waals surface area contributed by atoms with E-state index in [1.54, 1.807) is 0 Å². The summed E-state index contributed by atoms with van der Waals surface area (Å²) in [5.41, 5.74) is 0.0319. The van der Waals surface area contributed by atoms with Crippen molar-refractivity contribution in [2.24, 2.45) is 5.92 Å². The van der Waals surface area contributed by atoms with Crippen LogP contribution in [0.1, 0.15) is 78.6 Å². The molecule has 1 rings (SSSR count). The molecule has 1 fully saturated rings. The average Bonchev–Trinajstić information content (AvgIpc) is 2.73. The second-order valence-electron chi connectivity index (χ2n) is 6.16. The van der Waals surface area contributed by atoms with E-state index in [0.29, 0.717) is 6.04 Å². The van der Waals surface area contributed by atoms with Crippen LogP contribution in [0.15, 0.2) is 0 Å². The highest BCUT2D eigenvalue weighted by atomic mass is 16.5. The molecule has 19 heavy (non-hydrogen) atoms. The highest BCUT2D eigenvalue weighted by Crippen LogP contribution is 2.35. The van der Waals surface area contributed by atoms with Crippen molar-refractivity contribution >= 4 is 0 Å². The van der Waals surface area contributed by atoms with Crippen molar-refractivity contribution in [3.05, 3.63) is 0 Å². The lowest BCUT2D eigenvalue weighted by Crippen LogP contribution is -2.55. The zero-order valence-corrected chi connectivity index (χ0v) is 13.6. The summed E-state index contributed by atoms with van der Waals surface area (Å²) < 4.78 is 6.03. The van der Waals surface area contributed by atoms with Gasteiger partial charge in [0, 0.05) is 13.2 Å². The second kappa shape index (κ2) is 8.97. The maximum atomic E-state index is 6.03. The Bertz CT molecular complexity index is 209. The van der Waals surface area contributed by atoms with Crippen LogP contribution in [0.25, 0.3) is 0 Å². The molecule has 0 aromatic carbocycles. The summed E-state index contributed by atoms with van der Waals surface area (Å²) >= 11 is 0. The fourth-order valence-electron chi connectivity index (χ4n) is 3.83. The molecule has 1 saturated carbocycles. The standard InChI is InChI=1S/C17H35NO/c1-5-14-18-16(17(6-2,7-3)19-4)15-12-10-8-9-11-13-15/h15-16,18H,5-14H2,1-4H3. The van der Waals surface area contributed by atoms with E-state index in [1.807, 2.05) is 7.11 Å². The molecule has 0 aliphatic heterocycles. The van der Waals surface area contributed by atoms with E-state index >= 15 is 0 Å². The Balaban J connectivity index is 2.83.